The number of rotatable bonds is 0. The lowest BCUT2D eigenvalue weighted by atomic mass is 10.0. The molecule has 0 saturated heterocycles. The van der Waals surface area contributed by atoms with Gasteiger partial charge in [0.1, 0.15) is 24.0 Å². The Morgan fingerprint density at radius 3 is 3.00 bits per heavy atom. The molecule has 2 bridgehead atoms. The Bertz CT molecular complexity index is 1020. The summed E-state index contributed by atoms with van der Waals surface area (Å²) < 4.78 is 21.6. The molecule has 1 saturated carbocycles. The minimum Gasteiger partial charge on any atom is -0.491 e. The van der Waals surface area contributed by atoms with Gasteiger partial charge >= 0.3 is 0 Å². The van der Waals surface area contributed by atoms with Crippen LogP contribution in [0.1, 0.15) is 24.0 Å². The number of nitrogens with zero attached hydrogens (tertiary/aromatic N) is 3. The SMILES string of the molecule is C=C1NCCOc2ccc(F)cc2C2(CC2)Nc2ccn3ncc1c3n2. The summed E-state index contributed by atoms with van der Waals surface area (Å²) in [5.41, 5.74) is 2.81. The molecule has 5 rings (SSSR count). The predicted molar refractivity (Wildman–Crippen MR) is 96.5 cm³/mol. The summed E-state index contributed by atoms with van der Waals surface area (Å²) in [5.74, 6) is 1.16. The first kappa shape index (κ1) is 15.2. The molecule has 3 aromatic rings. The fourth-order valence-corrected chi connectivity index (χ4v) is 3.44. The van der Waals surface area contributed by atoms with E-state index in [2.05, 4.69) is 22.3 Å². The van der Waals surface area contributed by atoms with E-state index in [1.165, 1.54) is 6.07 Å². The van der Waals surface area contributed by atoms with E-state index in [1.807, 2.05) is 12.3 Å². The fourth-order valence-electron chi connectivity index (χ4n) is 3.44. The van der Waals surface area contributed by atoms with E-state index < -0.39 is 0 Å². The minimum absolute atomic E-state index is 0.266. The first-order chi connectivity index (χ1) is 12.6. The molecule has 1 spiro atoms. The summed E-state index contributed by atoms with van der Waals surface area (Å²) in [6.07, 6.45) is 5.41. The molecule has 0 radical (unpaired) electrons. The van der Waals surface area contributed by atoms with E-state index in [0.29, 0.717) is 18.9 Å². The highest BCUT2D eigenvalue weighted by molar-refractivity contribution is 5.74. The number of hydrogen-bond donors (Lipinski definition) is 2. The zero-order chi connectivity index (χ0) is 17.7. The van der Waals surface area contributed by atoms with E-state index in [9.17, 15) is 4.39 Å². The van der Waals surface area contributed by atoms with Crippen LogP contribution in [0.3, 0.4) is 0 Å². The number of anilines is 1. The van der Waals surface area contributed by atoms with Gasteiger partial charge in [0.2, 0.25) is 0 Å². The molecule has 3 heterocycles. The van der Waals surface area contributed by atoms with Crippen LogP contribution in [0.15, 0.2) is 43.2 Å². The quantitative estimate of drug-likeness (QED) is 0.652. The van der Waals surface area contributed by atoms with Crippen molar-refractivity contribution in [2.75, 3.05) is 18.5 Å². The third-order valence-corrected chi connectivity index (χ3v) is 4.97. The summed E-state index contributed by atoms with van der Waals surface area (Å²) in [6.45, 7) is 5.11. The highest BCUT2D eigenvalue weighted by atomic mass is 19.1. The fraction of sp³-hybridized carbons (Fsp3) is 0.263. The van der Waals surface area contributed by atoms with Gasteiger partial charge in [0.25, 0.3) is 0 Å². The molecule has 1 aliphatic heterocycles. The summed E-state index contributed by atoms with van der Waals surface area (Å²) >= 11 is 0. The van der Waals surface area contributed by atoms with Crippen LogP contribution >= 0.6 is 0 Å². The Hall–Kier alpha value is -3.09. The second-order valence-corrected chi connectivity index (χ2v) is 6.74. The number of nitrogens with one attached hydrogen (secondary N) is 2. The van der Waals surface area contributed by atoms with Crippen molar-refractivity contribution in [2.24, 2.45) is 0 Å². The minimum atomic E-state index is -0.346. The molecule has 1 aromatic carbocycles. The number of hydrogen-bond acceptors (Lipinski definition) is 5. The van der Waals surface area contributed by atoms with Crippen molar-refractivity contribution in [1.82, 2.24) is 19.9 Å². The average molecular weight is 351 g/mol. The first-order valence-electron chi connectivity index (χ1n) is 8.63. The second-order valence-electron chi connectivity index (χ2n) is 6.74. The largest absolute Gasteiger partial charge is 0.491 e. The van der Waals surface area contributed by atoms with Crippen LogP contribution in [-0.2, 0) is 5.54 Å². The third kappa shape index (κ3) is 2.39. The molecule has 0 unspecified atom stereocenters. The molecule has 0 atom stereocenters. The molecule has 6 nitrogen and oxygen atoms in total. The number of aromatic nitrogens is 3. The maximum Gasteiger partial charge on any atom is 0.166 e. The topological polar surface area (TPSA) is 63.5 Å². The van der Waals surface area contributed by atoms with Crippen LogP contribution < -0.4 is 15.4 Å². The van der Waals surface area contributed by atoms with Crippen molar-refractivity contribution in [3.8, 4) is 5.75 Å². The maximum atomic E-state index is 13.9. The highest BCUT2D eigenvalue weighted by Crippen LogP contribution is 2.51. The molecule has 26 heavy (non-hydrogen) atoms. The van der Waals surface area contributed by atoms with Gasteiger partial charge in [0, 0.05) is 24.0 Å². The van der Waals surface area contributed by atoms with Gasteiger partial charge in [-0.2, -0.15) is 5.10 Å². The summed E-state index contributed by atoms with van der Waals surface area (Å²) in [5, 5.41) is 11.1. The molecule has 132 valence electrons. The van der Waals surface area contributed by atoms with Gasteiger partial charge in [-0.05, 0) is 37.1 Å². The lowest BCUT2D eigenvalue weighted by Gasteiger charge is -2.22. The molecule has 2 N–H and O–H groups in total. The Kier molecular flexibility index (Phi) is 3.19. The van der Waals surface area contributed by atoms with Crippen LogP contribution in [0.25, 0.3) is 11.3 Å². The summed E-state index contributed by atoms with van der Waals surface area (Å²) in [7, 11) is 0. The highest BCUT2D eigenvalue weighted by Gasteiger charge is 2.47. The van der Waals surface area contributed by atoms with Gasteiger partial charge in [0.15, 0.2) is 5.65 Å². The number of fused-ring (bicyclic) bond motifs is 3. The average Bonchev–Trinajstić information content (AvgIpc) is 3.28. The predicted octanol–water partition coefficient (Wildman–Crippen LogP) is 2.92. The van der Waals surface area contributed by atoms with Crippen molar-refractivity contribution in [3.05, 3.63) is 60.2 Å². The number of ether oxygens (including phenoxy) is 1. The molecular formula is C19H18FN5O. The Morgan fingerprint density at radius 1 is 1.27 bits per heavy atom. The maximum absolute atomic E-state index is 13.9. The molecule has 1 aliphatic carbocycles. The van der Waals surface area contributed by atoms with Crippen LogP contribution in [0.5, 0.6) is 5.75 Å². The first-order valence-corrected chi connectivity index (χ1v) is 8.63. The van der Waals surface area contributed by atoms with E-state index in [1.54, 1.807) is 22.8 Å². The Morgan fingerprint density at radius 2 is 2.15 bits per heavy atom. The van der Waals surface area contributed by atoms with Crippen LogP contribution in [0.4, 0.5) is 10.2 Å². The molecule has 0 amide bonds. The summed E-state index contributed by atoms with van der Waals surface area (Å²) in [6, 6.07) is 6.57. The van der Waals surface area contributed by atoms with Crippen molar-refractivity contribution < 1.29 is 9.13 Å². The van der Waals surface area contributed by atoms with Gasteiger partial charge in [-0.15, -0.1) is 0 Å². The van der Waals surface area contributed by atoms with Crippen molar-refractivity contribution in [1.29, 1.82) is 0 Å². The zero-order valence-corrected chi connectivity index (χ0v) is 14.1. The third-order valence-electron chi connectivity index (χ3n) is 4.97. The number of halogens is 1. The van der Waals surface area contributed by atoms with E-state index in [-0.39, 0.29) is 11.4 Å². The molecule has 2 aliphatic rings. The van der Waals surface area contributed by atoms with Gasteiger partial charge in [-0.1, -0.05) is 6.58 Å². The molecule has 2 aromatic heterocycles. The van der Waals surface area contributed by atoms with Gasteiger partial charge < -0.3 is 15.4 Å². The van der Waals surface area contributed by atoms with E-state index in [0.717, 1.165) is 41.1 Å². The lowest BCUT2D eigenvalue weighted by molar-refractivity contribution is 0.315. The van der Waals surface area contributed by atoms with Gasteiger partial charge in [-0.3, -0.25) is 0 Å². The van der Waals surface area contributed by atoms with Crippen molar-refractivity contribution in [2.45, 2.75) is 18.4 Å². The Balaban J connectivity index is 1.64. The summed E-state index contributed by atoms with van der Waals surface area (Å²) in [4.78, 5) is 4.72. The van der Waals surface area contributed by atoms with Gasteiger partial charge in [-0.25, -0.2) is 13.9 Å². The standard InChI is InChI=1S/C19H18FN5O/c1-12-14-11-22-25-8-4-17(23-18(14)25)24-19(5-6-19)15-10-13(20)2-3-16(15)26-9-7-21-12/h2-4,8,10-11,21H,1,5-7,9H2,(H,23,24). The van der Waals surface area contributed by atoms with Crippen LogP contribution in [-0.4, -0.2) is 27.7 Å². The smallest absolute Gasteiger partial charge is 0.166 e. The Labute approximate surface area is 149 Å². The normalized spacial score (nSPS) is 18.1. The number of benzene rings is 1. The van der Waals surface area contributed by atoms with Crippen molar-refractivity contribution in [3.63, 3.8) is 0 Å². The van der Waals surface area contributed by atoms with Gasteiger partial charge in [0.05, 0.1) is 17.3 Å². The second kappa shape index (κ2) is 5.45. The van der Waals surface area contributed by atoms with Crippen molar-refractivity contribution >= 4 is 17.2 Å². The van der Waals surface area contributed by atoms with Crippen LogP contribution in [0.2, 0.25) is 0 Å². The van der Waals surface area contributed by atoms with Crippen LogP contribution in [0, 0.1) is 5.82 Å². The zero-order valence-electron chi connectivity index (χ0n) is 14.1. The van der Waals surface area contributed by atoms with E-state index in [4.69, 9.17) is 9.72 Å². The van der Waals surface area contributed by atoms with E-state index >= 15 is 0 Å². The molecule has 7 heteroatoms. The molecule has 1 fully saturated rings. The lowest BCUT2D eigenvalue weighted by Crippen LogP contribution is -2.22. The monoisotopic (exact) mass is 351 g/mol. The molecular weight excluding hydrogens is 333 g/mol.